The van der Waals surface area contributed by atoms with Crippen LogP contribution >= 0.6 is 23.2 Å². The fraction of sp³-hybridized carbons (Fsp3) is 0.136. The van der Waals surface area contributed by atoms with Crippen LogP contribution in [-0.2, 0) is 13.6 Å². The lowest BCUT2D eigenvalue weighted by atomic mass is 10.1. The Hall–Kier alpha value is -2.89. The van der Waals surface area contributed by atoms with Gasteiger partial charge in [-0.15, -0.1) is 0 Å². The van der Waals surface area contributed by atoms with E-state index >= 15 is 0 Å². The summed E-state index contributed by atoms with van der Waals surface area (Å²) in [5.74, 6) is -0.151. The SMILES string of the molecule is Cc1cnccc1C(=O)N(Cc1cccc2cnn(C)c12)c1cc(Cl)cc(Cl)c1. The highest BCUT2D eigenvalue weighted by Gasteiger charge is 2.22. The Bertz CT molecular complexity index is 1200. The summed E-state index contributed by atoms with van der Waals surface area (Å²) >= 11 is 12.5. The van der Waals surface area contributed by atoms with Gasteiger partial charge in [0.1, 0.15) is 0 Å². The zero-order chi connectivity index (χ0) is 20.5. The predicted octanol–water partition coefficient (Wildman–Crippen LogP) is 5.43. The Morgan fingerprint density at radius 1 is 1.10 bits per heavy atom. The normalized spacial score (nSPS) is 11.0. The molecule has 0 aliphatic rings. The topological polar surface area (TPSA) is 51.0 Å². The van der Waals surface area contributed by atoms with E-state index in [1.807, 2.05) is 43.0 Å². The van der Waals surface area contributed by atoms with Gasteiger partial charge in [0.2, 0.25) is 0 Å². The average Bonchev–Trinajstić information content (AvgIpc) is 3.07. The molecule has 1 amide bonds. The molecule has 0 unspecified atom stereocenters. The van der Waals surface area contributed by atoms with Crippen molar-refractivity contribution in [2.75, 3.05) is 4.90 Å². The number of halogens is 2. The van der Waals surface area contributed by atoms with Crippen LogP contribution in [0.4, 0.5) is 5.69 Å². The maximum atomic E-state index is 13.5. The number of nitrogens with zero attached hydrogens (tertiary/aromatic N) is 4. The van der Waals surface area contributed by atoms with Crippen molar-refractivity contribution in [3.8, 4) is 0 Å². The molecule has 5 nitrogen and oxygen atoms in total. The van der Waals surface area contributed by atoms with Crippen LogP contribution in [0.2, 0.25) is 10.0 Å². The summed E-state index contributed by atoms with van der Waals surface area (Å²) in [6.45, 7) is 2.21. The van der Waals surface area contributed by atoms with Crippen LogP contribution < -0.4 is 4.90 Å². The Balaban J connectivity index is 1.85. The number of amides is 1. The van der Waals surface area contributed by atoms with Gasteiger partial charge < -0.3 is 4.90 Å². The highest BCUT2D eigenvalue weighted by Crippen LogP contribution is 2.30. The third kappa shape index (κ3) is 3.84. The highest BCUT2D eigenvalue weighted by atomic mass is 35.5. The number of para-hydroxylation sites is 1. The van der Waals surface area contributed by atoms with Gasteiger partial charge in [0, 0.05) is 46.1 Å². The lowest BCUT2D eigenvalue weighted by Gasteiger charge is -2.25. The number of pyridine rings is 1. The van der Waals surface area contributed by atoms with Crippen molar-refractivity contribution in [1.82, 2.24) is 14.8 Å². The maximum Gasteiger partial charge on any atom is 0.258 e. The summed E-state index contributed by atoms with van der Waals surface area (Å²) in [4.78, 5) is 19.3. The fourth-order valence-electron chi connectivity index (χ4n) is 3.45. The minimum Gasteiger partial charge on any atom is -0.304 e. The molecule has 0 radical (unpaired) electrons. The van der Waals surface area contributed by atoms with Crippen molar-refractivity contribution in [2.45, 2.75) is 13.5 Å². The van der Waals surface area contributed by atoms with E-state index in [0.29, 0.717) is 27.8 Å². The first-order valence-corrected chi connectivity index (χ1v) is 9.78. The molecular weight excluding hydrogens is 407 g/mol. The van der Waals surface area contributed by atoms with Gasteiger partial charge in [-0.05, 0) is 42.3 Å². The molecule has 146 valence electrons. The van der Waals surface area contributed by atoms with Crippen LogP contribution in [0.1, 0.15) is 21.5 Å². The molecule has 2 aromatic carbocycles. The molecule has 0 N–H and O–H groups in total. The van der Waals surface area contributed by atoms with Crippen LogP contribution in [0.3, 0.4) is 0 Å². The standard InChI is InChI=1S/C22H18Cl2N4O/c1-14-11-25-7-6-20(14)22(29)28(19-9-17(23)8-18(24)10-19)13-16-5-3-4-15-12-26-27(2)21(15)16/h3-12H,13H2,1-2H3. The summed E-state index contributed by atoms with van der Waals surface area (Å²) in [6.07, 6.45) is 5.11. The lowest BCUT2D eigenvalue weighted by molar-refractivity contribution is 0.0984. The monoisotopic (exact) mass is 424 g/mol. The van der Waals surface area contributed by atoms with E-state index in [2.05, 4.69) is 10.1 Å². The minimum atomic E-state index is -0.151. The molecule has 0 spiro atoms. The second-order valence-corrected chi connectivity index (χ2v) is 7.71. The molecule has 4 aromatic rings. The molecule has 0 bridgehead atoms. The summed E-state index contributed by atoms with van der Waals surface area (Å²) in [6, 6.07) is 12.8. The Morgan fingerprint density at radius 3 is 2.59 bits per heavy atom. The van der Waals surface area contributed by atoms with Crippen molar-refractivity contribution in [2.24, 2.45) is 7.05 Å². The Morgan fingerprint density at radius 2 is 1.86 bits per heavy atom. The molecule has 0 aliphatic heterocycles. The smallest absolute Gasteiger partial charge is 0.258 e. The van der Waals surface area contributed by atoms with Crippen LogP contribution in [0.15, 0.2) is 61.1 Å². The minimum absolute atomic E-state index is 0.151. The third-order valence-electron chi connectivity index (χ3n) is 4.83. The Kier molecular flexibility index (Phi) is 5.26. The van der Waals surface area contributed by atoms with Crippen LogP contribution in [0.25, 0.3) is 10.9 Å². The summed E-state index contributed by atoms with van der Waals surface area (Å²) in [5, 5.41) is 6.30. The van der Waals surface area contributed by atoms with E-state index in [-0.39, 0.29) is 5.91 Å². The maximum absolute atomic E-state index is 13.5. The number of rotatable bonds is 4. The molecule has 0 aliphatic carbocycles. The largest absolute Gasteiger partial charge is 0.304 e. The van der Waals surface area contributed by atoms with Crippen molar-refractivity contribution in [3.63, 3.8) is 0 Å². The summed E-state index contributed by atoms with van der Waals surface area (Å²) in [5.41, 5.74) is 3.95. The molecule has 0 fully saturated rings. The number of carbonyl (C=O) groups excluding carboxylic acids is 1. The van der Waals surface area contributed by atoms with Gasteiger partial charge in [0.15, 0.2) is 0 Å². The summed E-state index contributed by atoms with van der Waals surface area (Å²) in [7, 11) is 1.89. The van der Waals surface area contributed by atoms with Crippen LogP contribution in [-0.4, -0.2) is 20.7 Å². The number of fused-ring (bicyclic) bond motifs is 1. The highest BCUT2D eigenvalue weighted by molar-refractivity contribution is 6.35. The number of aryl methyl sites for hydroxylation is 2. The van der Waals surface area contributed by atoms with Gasteiger partial charge in [-0.3, -0.25) is 14.5 Å². The van der Waals surface area contributed by atoms with Crippen molar-refractivity contribution in [1.29, 1.82) is 0 Å². The van der Waals surface area contributed by atoms with E-state index in [4.69, 9.17) is 23.2 Å². The molecular formula is C22H18Cl2N4O. The average molecular weight is 425 g/mol. The molecule has 7 heteroatoms. The van der Waals surface area contributed by atoms with Gasteiger partial charge in [-0.1, -0.05) is 41.4 Å². The predicted molar refractivity (Wildman–Crippen MR) is 117 cm³/mol. The van der Waals surface area contributed by atoms with Gasteiger partial charge in [0.25, 0.3) is 5.91 Å². The van der Waals surface area contributed by atoms with Gasteiger partial charge in [0.05, 0.1) is 18.3 Å². The van der Waals surface area contributed by atoms with E-state index < -0.39 is 0 Å². The third-order valence-corrected chi connectivity index (χ3v) is 5.26. The molecule has 4 rings (SSSR count). The molecule has 0 saturated carbocycles. The second kappa shape index (κ2) is 7.85. The van der Waals surface area contributed by atoms with E-state index in [0.717, 1.165) is 22.0 Å². The van der Waals surface area contributed by atoms with E-state index in [9.17, 15) is 4.79 Å². The zero-order valence-corrected chi connectivity index (χ0v) is 17.4. The first kappa shape index (κ1) is 19.4. The van der Waals surface area contributed by atoms with Crippen LogP contribution in [0, 0.1) is 6.92 Å². The lowest BCUT2D eigenvalue weighted by Crippen LogP contribution is -2.31. The van der Waals surface area contributed by atoms with E-state index in [1.54, 1.807) is 41.6 Å². The van der Waals surface area contributed by atoms with Crippen LogP contribution in [0.5, 0.6) is 0 Å². The quantitative estimate of drug-likeness (QED) is 0.438. The van der Waals surface area contributed by atoms with E-state index in [1.165, 1.54) is 0 Å². The molecule has 29 heavy (non-hydrogen) atoms. The number of aromatic nitrogens is 3. The first-order chi connectivity index (χ1) is 13.9. The van der Waals surface area contributed by atoms with Gasteiger partial charge in [-0.2, -0.15) is 5.10 Å². The summed E-state index contributed by atoms with van der Waals surface area (Å²) < 4.78 is 1.82. The van der Waals surface area contributed by atoms with Crippen molar-refractivity contribution in [3.05, 3.63) is 87.8 Å². The van der Waals surface area contributed by atoms with Crippen molar-refractivity contribution < 1.29 is 4.79 Å². The van der Waals surface area contributed by atoms with Gasteiger partial charge >= 0.3 is 0 Å². The molecule has 2 aromatic heterocycles. The number of anilines is 1. The second-order valence-electron chi connectivity index (χ2n) is 6.83. The fourth-order valence-corrected chi connectivity index (χ4v) is 3.96. The van der Waals surface area contributed by atoms with Crippen molar-refractivity contribution >= 4 is 45.7 Å². The number of carbonyl (C=O) groups is 1. The Labute approximate surface area is 178 Å². The van der Waals surface area contributed by atoms with Gasteiger partial charge in [-0.25, -0.2) is 0 Å². The molecule has 0 saturated heterocycles. The molecule has 2 heterocycles. The molecule has 0 atom stereocenters. The first-order valence-electron chi connectivity index (χ1n) is 9.02. The number of benzene rings is 2. The number of hydrogen-bond donors (Lipinski definition) is 0. The number of hydrogen-bond acceptors (Lipinski definition) is 3. The zero-order valence-electron chi connectivity index (χ0n) is 15.9.